The van der Waals surface area contributed by atoms with Crippen LogP contribution in [-0.4, -0.2) is 25.7 Å². The van der Waals surface area contributed by atoms with Gasteiger partial charge in [0.2, 0.25) is 0 Å². The second-order valence-corrected chi connectivity index (χ2v) is 29.2. The van der Waals surface area contributed by atoms with E-state index in [0.29, 0.717) is 0 Å². The van der Waals surface area contributed by atoms with Crippen LogP contribution in [-0.2, 0) is 33.7 Å². The summed E-state index contributed by atoms with van der Waals surface area (Å²) < 4.78 is 0. The number of hydrogen-bond donors (Lipinski definition) is 0. The molecule has 0 N–H and O–H groups in total. The Bertz CT molecular complexity index is 1700. The minimum absolute atomic E-state index is 0.826. The standard InChI is InChI=1S/2C20H23Si.C2H6Si.2ClH.Zr/c2*1-5-15-13-17-7-6-8-19(20(17)14-15)16-9-11-18(12-10-16)21(2,3)4;1-3-2;;;/h2*6-14H,5H2,1-4H3;1-2H3;2*1H;/q2*-1;;;;+4/p-2. The van der Waals surface area contributed by atoms with Crippen molar-refractivity contribution in [3.63, 3.8) is 0 Å². The van der Waals surface area contributed by atoms with E-state index in [1.54, 1.807) is 0 Å². The van der Waals surface area contributed by atoms with Crippen LogP contribution in [0.15, 0.2) is 109 Å². The third-order valence-corrected chi connectivity index (χ3v) is 12.7. The number of fused-ring (bicyclic) bond motifs is 2. The van der Waals surface area contributed by atoms with Crippen LogP contribution in [0, 0.1) is 0 Å². The average Bonchev–Trinajstić information content (AvgIpc) is 3.69. The van der Waals surface area contributed by atoms with Gasteiger partial charge in [-0.05, 0) is 24.0 Å². The molecule has 6 rings (SSSR count). The summed E-state index contributed by atoms with van der Waals surface area (Å²) in [5.41, 5.74) is 8.22. The van der Waals surface area contributed by atoms with E-state index in [-0.39, 0.29) is 0 Å². The Kier molecular flexibility index (Phi) is 16.1. The van der Waals surface area contributed by atoms with Crippen LogP contribution < -0.4 is 10.4 Å². The number of aryl methyl sites for hydroxylation is 2. The molecule has 0 nitrogen and oxygen atoms in total. The maximum atomic E-state index is 4.93. The van der Waals surface area contributed by atoms with Crippen molar-refractivity contribution >= 4 is 74.6 Å². The summed E-state index contributed by atoms with van der Waals surface area (Å²) in [6.07, 6.45) is 2.20. The van der Waals surface area contributed by atoms with Crippen molar-refractivity contribution in [1.29, 1.82) is 0 Å². The van der Waals surface area contributed by atoms with Crippen molar-refractivity contribution in [3.05, 3.63) is 120 Å². The summed E-state index contributed by atoms with van der Waals surface area (Å²) in [7, 11) is 8.53. The molecule has 0 aliphatic carbocycles. The van der Waals surface area contributed by atoms with Crippen LogP contribution in [0.1, 0.15) is 25.0 Å². The van der Waals surface area contributed by atoms with Crippen molar-refractivity contribution in [3.8, 4) is 22.3 Å². The first-order valence-corrected chi connectivity index (χ1v) is 32.3. The van der Waals surface area contributed by atoms with E-state index in [1.807, 2.05) is 0 Å². The van der Waals surface area contributed by atoms with Crippen LogP contribution in [0.5, 0.6) is 0 Å². The van der Waals surface area contributed by atoms with Crippen molar-refractivity contribution in [2.75, 3.05) is 0 Å². The predicted molar refractivity (Wildman–Crippen MR) is 224 cm³/mol. The normalized spacial score (nSPS) is 11.1. The van der Waals surface area contributed by atoms with Gasteiger partial charge >= 0.3 is 37.9 Å². The molecule has 0 aliphatic rings. The first kappa shape index (κ1) is 40.6. The van der Waals surface area contributed by atoms with E-state index >= 15 is 0 Å². The Hall–Kier alpha value is -1.79. The summed E-state index contributed by atoms with van der Waals surface area (Å²) in [6, 6.07) is 41.0. The van der Waals surface area contributed by atoms with Crippen LogP contribution >= 0.6 is 17.0 Å². The fourth-order valence-corrected chi connectivity index (χ4v) is 8.14. The first-order valence-electron chi connectivity index (χ1n) is 16.9. The molecule has 48 heavy (non-hydrogen) atoms. The summed E-state index contributed by atoms with van der Waals surface area (Å²) in [4.78, 5) is 0. The van der Waals surface area contributed by atoms with E-state index in [9.17, 15) is 0 Å². The molecule has 0 saturated heterocycles. The molecule has 6 heteroatoms. The van der Waals surface area contributed by atoms with E-state index in [1.165, 1.54) is 65.3 Å². The molecule has 0 heterocycles. The molecular weight excluding hydrogens is 751 g/mol. The molecule has 2 radical (unpaired) electrons. The van der Waals surface area contributed by atoms with Crippen LogP contribution in [0.4, 0.5) is 0 Å². The fourth-order valence-electron chi connectivity index (χ4n) is 5.80. The van der Waals surface area contributed by atoms with Gasteiger partial charge in [0.15, 0.2) is 0 Å². The second kappa shape index (κ2) is 19.0. The number of hydrogen-bond acceptors (Lipinski definition) is 0. The Morgan fingerprint density at radius 1 is 0.562 bits per heavy atom. The molecule has 6 aromatic rings. The summed E-state index contributed by atoms with van der Waals surface area (Å²) >= 11 is -0.826. The van der Waals surface area contributed by atoms with Gasteiger partial charge in [0.05, 0.1) is 16.1 Å². The summed E-state index contributed by atoms with van der Waals surface area (Å²) in [5.74, 6) is 0. The zero-order chi connectivity index (χ0) is 35.5. The van der Waals surface area contributed by atoms with Crippen LogP contribution in [0.3, 0.4) is 0 Å². The van der Waals surface area contributed by atoms with Crippen LogP contribution in [0.2, 0.25) is 52.4 Å². The Morgan fingerprint density at radius 3 is 1.15 bits per heavy atom. The fraction of sp³-hybridized carbons (Fsp3) is 0.286. The predicted octanol–water partition coefficient (Wildman–Crippen LogP) is 12.8. The summed E-state index contributed by atoms with van der Waals surface area (Å²) in [5, 5.41) is 8.54. The van der Waals surface area contributed by atoms with Crippen molar-refractivity contribution in [2.45, 2.75) is 79.1 Å². The quantitative estimate of drug-likeness (QED) is 0.116. The SMILES string of the molecule is CCc1cc2c(-c3ccc([Si](C)(C)C)cc3)cccc2[cH-]1.CCc1cc2c(-c3ccc([Si](C)(C)C)cc3)cccc2[cH-]1.C[Si]C.[Cl][Zr+2][Cl]. The van der Waals surface area contributed by atoms with Crippen molar-refractivity contribution in [2.24, 2.45) is 0 Å². The van der Waals surface area contributed by atoms with E-state index < -0.39 is 37.0 Å². The zero-order valence-corrected chi connectivity index (χ0v) is 37.5. The summed E-state index contributed by atoms with van der Waals surface area (Å²) in [6.45, 7) is 23.1. The molecule has 6 aromatic carbocycles. The Labute approximate surface area is 314 Å². The van der Waals surface area contributed by atoms with Gasteiger partial charge in [-0.15, -0.1) is 69.1 Å². The van der Waals surface area contributed by atoms with Crippen molar-refractivity contribution < 1.29 is 20.8 Å². The van der Waals surface area contributed by atoms with Gasteiger partial charge in [-0.2, -0.15) is 12.1 Å². The molecule has 0 saturated carbocycles. The molecule has 0 aromatic heterocycles. The molecule has 0 amide bonds. The van der Waals surface area contributed by atoms with E-state index in [0.717, 1.165) is 22.4 Å². The molecular formula is C42H52Cl2Si3Zr. The number of benzene rings is 4. The Morgan fingerprint density at radius 2 is 0.875 bits per heavy atom. The van der Waals surface area contributed by atoms with Gasteiger partial charge in [-0.1, -0.05) is 148 Å². The van der Waals surface area contributed by atoms with Gasteiger partial charge in [0.1, 0.15) is 0 Å². The second-order valence-electron chi connectivity index (χ2n) is 14.3. The molecule has 0 unspecified atom stereocenters. The van der Waals surface area contributed by atoms with Crippen molar-refractivity contribution in [1.82, 2.24) is 0 Å². The minimum atomic E-state index is -1.21. The third kappa shape index (κ3) is 11.1. The molecule has 0 spiro atoms. The molecule has 0 aliphatic heterocycles. The third-order valence-electron chi connectivity index (χ3n) is 8.56. The van der Waals surface area contributed by atoms with E-state index in [4.69, 9.17) is 17.0 Å². The van der Waals surface area contributed by atoms with Gasteiger partial charge in [-0.3, -0.25) is 0 Å². The maximum absolute atomic E-state index is 4.93. The number of rotatable bonds is 6. The molecule has 0 bridgehead atoms. The molecule has 0 fully saturated rings. The zero-order valence-electron chi connectivity index (χ0n) is 30.6. The van der Waals surface area contributed by atoms with Crippen LogP contribution in [0.25, 0.3) is 43.8 Å². The van der Waals surface area contributed by atoms with Gasteiger partial charge < -0.3 is 0 Å². The molecule has 0 atom stereocenters. The van der Waals surface area contributed by atoms with Gasteiger partial charge in [-0.25, -0.2) is 0 Å². The Balaban J connectivity index is 0.000000224. The molecule has 250 valence electrons. The van der Waals surface area contributed by atoms with Gasteiger partial charge in [0.25, 0.3) is 0 Å². The first-order chi connectivity index (χ1) is 22.8. The average molecular weight is 803 g/mol. The monoisotopic (exact) mass is 800 g/mol. The topological polar surface area (TPSA) is 0 Å². The van der Waals surface area contributed by atoms with Gasteiger partial charge in [0, 0.05) is 9.52 Å². The van der Waals surface area contributed by atoms with E-state index in [2.05, 4.69) is 175 Å². The number of halogens is 2.